The minimum atomic E-state index is -0.320. The third kappa shape index (κ3) is 6.39. The summed E-state index contributed by atoms with van der Waals surface area (Å²) in [5.74, 6) is 1.83. The van der Waals surface area contributed by atoms with Gasteiger partial charge < -0.3 is 19.1 Å². The van der Waals surface area contributed by atoms with Gasteiger partial charge in [-0.2, -0.15) is 0 Å². The molecule has 35 heavy (non-hydrogen) atoms. The molecule has 0 bridgehead atoms. The van der Waals surface area contributed by atoms with Gasteiger partial charge in [0.1, 0.15) is 11.6 Å². The molecule has 2 heterocycles. The predicted molar refractivity (Wildman–Crippen MR) is 134 cm³/mol. The first kappa shape index (κ1) is 25.6. The average Bonchev–Trinajstić information content (AvgIpc) is 3.15. The summed E-state index contributed by atoms with van der Waals surface area (Å²) in [4.78, 5) is 17.8. The van der Waals surface area contributed by atoms with Crippen molar-refractivity contribution in [1.82, 2.24) is 9.80 Å². The van der Waals surface area contributed by atoms with E-state index in [1.807, 2.05) is 17.0 Å². The molecular formula is C27H34ClFN2O4. The molecule has 2 aromatic rings. The molecule has 1 unspecified atom stereocenters. The maximum absolute atomic E-state index is 13.6. The Morgan fingerprint density at radius 3 is 2.83 bits per heavy atom. The van der Waals surface area contributed by atoms with Gasteiger partial charge in [-0.05, 0) is 42.6 Å². The number of rotatable bonds is 8. The van der Waals surface area contributed by atoms with E-state index >= 15 is 0 Å². The second kappa shape index (κ2) is 11.5. The topological polar surface area (TPSA) is 51.2 Å². The van der Waals surface area contributed by atoms with Crippen LogP contribution in [0.4, 0.5) is 4.39 Å². The van der Waals surface area contributed by atoms with Crippen molar-refractivity contribution >= 4 is 17.5 Å². The van der Waals surface area contributed by atoms with Crippen molar-refractivity contribution < 1.29 is 23.4 Å². The molecule has 0 saturated carbocycles. The van der Waals surface area contributed by atoms with Crippen LogP contribution in [0.25, 0.3) is 0 Å². The molecule has 4 rings (SSSR count). The molecule has 1 saturated heterocycles. The summed E-state index contributed by atoms with van der Waals surface area (Å²) in [5.41, 5.74) is 1.85. The number of halogens is 2. The van der Waals surface area contributed by atoms with Gasteiger partial charge in [-0.1, -0.05) is 31.5 Å². The van der Waals surface area contributed by atoms with Gasteiger partial charge in [0, 0.05) is 44.2 Å². The highest BCUT2D eigenvalue weighted by molar-refractivity contribution is 6.32. The van der Waals surface area contributed by atoms with E-state index in [9.17, 15) is 9.18 Å². The van der Waals surface area contributed by atoms with Crippen LogP contribution in [0.15, 0.2) is 30.3 Å². The zero-order valence-corrected chi connectivity index (χ0v) is 21.4. The molecular weight excluding hydrogens is 471 g/mol. The minimum Gasteiger partial charge on any atom is -0.496 e. The van der Waals surface area contributed by atoms with Gasteiger partial charge in [-0.25, -0.2) is 4.39 Å². The number of methoxy groups -OCH3 is 1. The summed E-state index contributed by atoms with van der Waals surface area (Å²) in [7, 11) is 1.55. The summed E-state index contributed by atoms with van der Waals surface area (Å²) in [6, 6.07) is 8.41. The Labute approximate surface area is 211 Å². The van der Waals surface area contributed by atoms with E-state index in [0.717, 1.165) is 30.5 Å². The van der Waals surface area contributed by atoms with E-state index in [2.05, 4.69) is 18.7 Å². The van der Waals surface area contributed by atoms with Crippen LogP contribution in [0.3, 0.4) is 0 Å². The first-order valence-electron chi connectivity index (χ1n) is 12.3. The Kier molecular flexibility index (Phi) is 8.39. The van der Waals surface area contributed by atoms with E-state index in [1.165, 1.54) is 12.1 Å². The van der Waals surface area contributed by atoms with Gasteiger partial charge in [0.15, 0.2) is 11.5 Å². The summed E-state index contributed by atoms with van der Waals surface area (Å²) >= 11 is 6.50. The van der Waals surface area contributed by atoms with E-state index in [1.54, 1.807) is 13.2 Å². The van der Waals surface area contributed by atoms with Gasteiger partial charge in [0.2, 0.25) is 5.91 Å². The molecule has 190 valence electrons. The van der Waals surface area contributed by atoms with Crippen LogP contribution in [0, 0.1) is 17.7 Å². The molecule has 0 radical (unpaired) electrons. The minimum absolute atomic E-state index is 0.0870. The van der Waals surface area contributed by atoms with E-state index in [4.69, 9.17) is 25.8 Å². The maximum atomic E-state index is 13.6. The number of carbonyl (C=O) groups excluding carboxylic acids is 1. The number of likely N-dealkylation sites (tertiary alicyclic amines) is 1. The van der Waals surface area contributed by atoms with Crippen LogP contribution in [0.2, 0.25) is 5.02 Å². The van der Waals surface area contributed by atoms with Gasteiger partial charge in [0.05, 0.1) is 31.3 Å². The number of hydrogen-bond donors (Lipinski definition) is 0. The fraction of sp³-hybridized carbons (Fsp3) is 0.519. The third-order valence-corrected chi connectivity index (χ3v) is 6.68. The fourth-order valence-electron chi connectivity index (χ4n) is 4.80. The van der Waals surface area contributed by atoms with Crippen molar-refractivity contribution in [3.05, 3.63) is 52.3 Å². The molecule has 2 aliphatic rings. The lowest BCUT2D eigenvalue weighted by atomic mass is 10.0. The van der Waals surface area contributed by atoms with Crippen LogP contribution < -0.4 is 14.2 Å². The van der Waals surface area contributed by atoms with Crippen molar-refractivity contribution in [2.75, 3.05) is 40.0 Å². The van der Waals surface area contributed by atoms with Crippen molar-refractivity contribution in [3.63, 3.8) is 0 Å². The summed E-state index contributed by atoms with van der Waals surface area (Å²) < 4.78 is 30.5. The molecule has 1 atom stereocenters. The lowest BCUT2D eigenvalue weighted by Crippen LogP contribution is -2.39. The number of carbonyl (C=O) groups is 1. The molecule has 0 aliphatic carbocycles. The SMILES string of the molecule is COc1cc(F)ccc1CN1CCC(C(=O)N(Cc2cc(Cl)c3c(c2)OCCCO3)CC(C)C)C1. The lowest BCUT2D eigenvalue weighted by molar-refractivity contribution is -0.136. The average molecular weight is 505 g/mol. The summed E-state index contributed by atoms with van der Waals surface area (Å²) in [6.45, 7) is 8.60. The molecule has 6 nitrogen and oxygen atoms in total. The van der Waals surface area contributed by atoms with Crippen molar-refractivity contribution in [2.45, 2.75) is 39.8 Å². The third-order valence-electron chi connectivity index (χ3n) is 6.40. The van der Waals surface area contributed by atoms with Gasteiger partial charge >= 0.3 is 0 Å². The van der Waals surface area contributed by atoms with Gasteiger partial charge in [0.25, 0.3) is 0 Å². The number of amides is 1. The second-order valence-corrected chi connectivity index (χ2v) is 10.2. The quantitative estimate of drug-likeness (QED) is 0.497. The van der Waals surface area contributed by atoms with Crippen molar-refractivity contribution in [2.24, 2.45) is 11.8 Å². The molecule has 1 fully saturated rings. The molecule has 0 N–H and O–H groups in total. The van der Waals surface area contributed by atoms with E-state index in [-0.39, 0.29) is 17.6 Å². The molecule has 2 aliphatic heterocycles. The van der Waals surface area contributed by atoms with Gasteiger partial charge in [-0.3, -0.25) is 9.69 Å². The standard InChI is InChI=1S/C27H34ClFN2O4/c1-18(2)14-31(15-19-11-23(28)26-25(12-19)34-9-4-10-35-26)27(32)21-7-8-30(17-21)16-20-5-6-22(29)13-24(20)33-3/h5-6,11-13,18,21H,4,7-10,14-17H2,1-3H3. The smallest absolute Gasteiger partial charge is 0.227 e. The Morgan fingerprint density at radius 2 is 2.06 bits per heavy atom. The van der Waals surface area contributed by atoms with Crippen LogP contribution in [-0.4, -0.2) is 55.7 Å². The first-order chi connectivity index (χ1) is 16.8. The Morgan fingerprint density at radius 1 is 1.26 bits per heavy atom. The highest BCUT2D eigenvalue weighted by atomic mass is 35.5. The zero-order valence-electron chi connectivity index (χ0n) is 20.7. The monoisotopic (exact) mass is 504 g/mol. The normalized spacial score (nSPS) is 17.9. The maximum Gasteiger partial charge on any atom is 0.227 e. The Hall–Kier alpha value is -2.51. The van der Waals surface area contributed by atoms with E-state index < -0.39 is 0 Å². The number of hydrogen-bond acceptors (Lipinski definition) is 5. The van der Waals surface area contributed by atoms with E-state index in [0.29, 0.717) is 67.6 Å². The van der Waals surface area contributed by atoms with Crippen LogP contribution in [0.5, 0.6) is 17.2 Å². The van der Waals surface area contributed by atoms with Crippen LogP contribution >= 0.6 is 11.6 Å². The first-order valence-corrected chi connectivity index (χ1v) is 12.6. The van der Waals surface area contributed by atoms with Crippen LogP contribution in [0.1, 0.15) is 37.8 Å². The second-order valence-electron chi connectivity index (χ2n) is 9.74. The number of benzene rings is 2. The number of fused-ring (bicyclic) bond motifs is 1. The Bertz CT molecular complexity index is 1050. The molecule has 8 heteroatoms. The largest absolute Gasteiger partial charge is 0.496 e. The van der Waals surface area contributed by atoms with Crippen molar-refractivity contribution in [1.29, 1.82) is 0 Å². The zero-order chi connectivity index (χ0) is 24.9. The number of ether oxygens (including phenoxy) is 3. The fourth-order valence-corrected chi connectivity index (χ4v) is 5.08. The lowest BCUT2D eigenvalue weighted by Gasteiger charge is -2.28. The highest BCUT2D eigenvalue weighted by Crippen LogP contribution is 2.38. The predicted octanol–water partition coefficient (Wildman–Crippen LogP) is 5.16. The van der Waals surface area contributed by atoms with Crippen molar-refractivity contribution in [3.8, 4) is 17.2 Å². The number of nitrogens with zero attached hydrogens (tertiary/aromatic N) is 2. The van der Waals surface area contributed by atoms with Gasteiger partial charge in [-0.15, -0.1) is 0 Å². The Balaban J connectivity index is 1.45. The van der Waals surface area contributed by atoms with Crippen LogP contribution in [-0.2, 0) is 17.9 Å². The molecule has 0 aromatic heterocycles. The molecule has 0 spiro atoms. The highest BCUT2D eigenvalue weighted by Gasteiger charge is 2.32. The molecule has 1 amide bonds. The molecule has 2 aromatic carbocycles. The summed E-state index contributed by atoms with van der Waals surface area (Å²) in [6.07, 6.45) is 1.60. The summed E-state index contributed by atoms with van der Waals surface area (Å²) in [5, 5.41) is 0.511.